The molecule has 5 heteroatoms. The number of carbonyl (C=O) groups is 1. The lowest BCUT2D eigenvalue weighted by molar-refractivity contribution is -0.128. The maximum atomic E-state index is 11.9. The van der Waals surface area contributed by atoms with Crippen molar-refractivity contribution in [2.75, 3.05) is 33.4 Å². The fourth-order valence-electron chi connectivity index (χ4n) is 2.77. The van der Waals surface area contributed by atoms with Gasteiger partial charge in [0.25, 0.3) is 0 Å². The number of amides is 1. The Hall–Kier alpha value is -0.910. The molecule has 1 aliphatic rings. The minimum Gasteiger partial charge on any atom is -0.380 e. The van der Waals surface area contributed by atoms with Gasteiger partial charge in [-0.25, -0.2) is 0 Å². The van der Waals surface area contributed by atoms with E-state index >= 15 is 0 Å². The third kappa shape index (κ3) is 10.6. The van der Waals surface area contributed by atoms with Gasteiger partial charge in [0.2, 0.25) is 5.91 Å². The zero-order valence-corrected chi connectivity index (χ0v) is 16.6. The average molecular weight is 355 g/mol. The highest BCUT2D eigenvalue weighted by atomic mass is 16.5. The summed E-state index contributed by atoms with van der Waals surface area (Å²) in [6.45, 7) is 8.34. The van der Waals surface area contributed by atoms with Crippen molar-refractivity contribution in [2.24, 2.45) is 5.92 Å². The molecule has 1 rings (SSSR count). The third-order valence-corrected chi connectivity index (χ3v) is 4.93. The van der Waals surface area contributed by atoms with Gasteiger partial charge in [0.15, 0.2) is 0 Å². The molecule has 0 aromatic carbocycles. The van der Waals surface area contributed by atoms with Crippen molar-refractivity contribution in [3.63, 3.8) is 0 Å². The summed E-state index contributed by atoms with van der Waals surface area (Å²) in [5.74, 6) is 0.306. The highest BCUT2D eigenvalue weighted by molar-refractivity contribution is 5.77. The van der Waals surface area contributed by atoms with Crippen LogP contribution in [0.15, 0.2) is 12.2 Å². The van der Waals surface area contributed by atoms with Crippen LogP contribution in [0.5, 0.6) is 0 Å². The van der Waals surface area contributed by atoms with Crippen molar-refractivity contribution < 1.29 is 14.3 Å². The van der Waals surface area contributed by atoms with Gasteiger partial charge in [0.1, 0.15) is 6.61 Å². The molecule has 25 heavy (non-hydrogen) atoms. The topological polar surface area (TPSA) is 59.6 Å². The van der Waals surface area contributed by atoms with E-state index in [1.54, 1.807) is 0 Å². The quantitative estimate of drug-likeness (QED) is 0.468. The zero-order valence-electron chi connectivity index (χ0n) is 16.6. The molecule has 0 aromatic heterocycles. The summed E-state index contributed by atoms with van der Waals surface area (Å²) in [6, 6.07) is 0. The Labute approximate surface area is 153 Å². The molecule has 0 bridgehead atoms. The summed E-state index contributed by atoms with van der Waals surface area (Å²) in [6.07, 6.45) is 11.4. The van der Waals surface area contributed by atoms with Crippen LogP contribution in [0.3, 0.4) is 0 Å². The van der Waals surface area contributed by atoms with Crippen LogP contribution in [0.2, 0.25) is 0 Å². The molecule has 146 valence electrons. The van der Waals surface area contributed by atoms with Crippen molar-refractivity contribution in [1.29, 1.82) is 0 Å². The maximum absolute atomic E-state index is 11.9. The first kappa shape index (κ1) is 22.1. The van der Waals surface area contributed by atoms with Gasteiger partial charge in [0, 0.05) is 24.6 Å². The summed E-state index contributed by atoms with van der Waals surface area (Å²) in [5.41, 5.74) is 0.0820. The monoisotopic (exact) mass is 354 g/mol. The van der Waals surface area contributed by atoms with E-state index in [2.05, 4.69) is 43.6 Å². The lowest BCUT2D eigenvalue weighted by atomic mass is 10.00. The normalized spacial score (nSPS) is 23.4. The molecule has 0 aromatic rings. The highest BCUT2D eigenvalue weighted by Gasteiger charge is 2.18. The smallest absolute Gasteiger partial charge is 0.246 e. The molecule has 0 saturated carbocycles. The summed E-state index contributed by atoms with van der Waals surface area (Å²) in [5, 5.41) is 6.11. The van der Waals surface area contributed by atoms with E-state index in [9.17, 15) is 4.79 Å². The average Bonchev–Trinajstić information content (AvgIpc) is 2.68. The summed E-state index contributed by atoms with van der Waals surface area (Å²) in [7, 11) is 1.95. The van der Waals surface area contributed by atoms with Crippen LogP contribution < -0.4 is 10.6 Å². The van der Waals surface area contributed by atoms with Gasteiger partial charge >= 0.3 is 0 Å². The van der Waals surface area contributed by atoms with Crippen molar-refractivity contribution in [3.05, 3.63) is 12.2 Å². The highest BCUT2D eigenvalue weighted by Crippen LogP contribution is 2.19. The molecule has 0 heterocycles. The summed E-state index contributed by atoms with van der Waals surface area (Å²) < 4.78 is 11.4. The summed E-state index contributed by atoms with van der Waals surface area (Å²) in [4.78, 5) is 11.9. The van der Waals surface area contributed by atoms with Crippen molar-refractivity contribution in [2.45, 2.75) is 70.9 Å². The van der Waals surface area contributed by atoms with Gasteiger partial charge in [-0.1, -0.05) is 31.9 Å². The number of rotatable bonds is 10. The summed E-state index contributed by atoms with van der Waals surface area (Å²) >= 11 is 0. The minimum absolute atomic E-state index is 0.0600. The lowest BCUT2D eigenvalue weighted by Crippen LogP contribution is -2.37. The molecule has 0 radical (unpaired) electrons. The van der Waals surface area contributed by atoms with Crippen molar-refractivity contribution in [3.8, 4) is 0 Å². The first-order valence-corrected chi connectivity index (χ1v) is 9.76. The van der Waals surface area contributed by atoms with Gasteiger partial charge < -0.3 is 20.1 Å². The second kappa shape index (κ2) is 12.4. The molecule has 5 nitrogen and oxygen atoms in total. The third-order valence-electron chi connectivity index (χ3n) is 4.93. The standard InChI is InChI=1S/C20H38N2O3/c1-17-10-8-6-5-7-9-11-18(17)25-16-19(23)22-13-15-24-14-12-20(2,3)21-4/h8,10,17-18,21H,5-7,9,11-16H2,1-4H3,(H,22,23)/b10-8-. The molecule has 1 aliphatic carbocycles. The SMILES string of the molecule is CNC(C)(C)CCOCCNC(=O)COC1CCCCC/C=C\C1C. The maximum Gasteiger partial charge on any atom is 0.246 e. The van der Waals surface area contributed by atoms with E-state index in [0.717, 1.165) is 19.3 Å². The van der Waals surface area contributed by atoms with Crippen LogP contribution >= 0.6 is 0 Å². The van der Waals surface area contributed by atoms with E-state index in [-0.39, 0.29) is 24.2 Å². The van der Waals surface area contributed by atoms with Gasteiger partial charge in [-0.15, -0.1) is 0 Å². The van der Waals surface area contributed by atoms with E-state index in [4.69, 9.17) is 9.47 Å². The Morgan fingerprint density at radius 2 is 2.04 bits per heavy atom. The first-order chi connectivity index (χ1) is 11.9. The van der Waals surface area contributed by atoms with Crippen LogP contribution in [0.25, 0.3) is 0 Å². The fraction of sp³-hybridized carbons (Fsp3) is 0.850. The molecule has 0 fully saturated rings. The van der Waals surface area contributed by atoms with Crippen LogP contribution in [0.4, 0.5) is 0 Å². The van der Waals surface area contributed by atoms with Gasteiger partial charge in [-0.05, 0) is 46.6 Å². The number of hydrogen-bond donors (Lipinski definition) is 2. The molecule has 0 aliphatic heterocycles. The van der Waals surface area contributed by atoms with E-state index in [1.165, 1.54) is 19.3 Å². The van der Waals surface area contributed by atoms with Crippen LogP contribution in [-0.2, 0) is 14.3 Å². The Kier molecular flexibility index (Phi) is 11.0. The van der Waals surface area contributed by atoms with Gasteiger partial charge in [-0.3, -0.25) is 4.79 Å². The first-order valence-electron chi connectivity index (χ1n) is 9.76. The Bertz CT molecular complexity index is 396. The number of allylic oxidation sites excluding steroid dienone is 1. The predicted octanol–water partition coefficient (Wildman–Crippen LogP) is 3.05. The van der Waals surface area contributed by atoms with Crippen molar-refractivity contribution >= 4 is 5.91 Å². The molecule has 0 saturated heterocycles. The minimum atomic E-state index is -0.0600. The fourth-order valence-corrected chi connectivity index (χ4v) is 2.77. The zero-order chi connectivity index (χ0) is 18.5. The Balaban J connectivity index is 2.13. The largest absolute Gasteiger partial charge is 0.380 e. The van der Waals surface area contributed by atoms with Gasteiger partial charge in [0.05, 0.1) is 12.7 Å². The van der Waals surface area contributed by atoms with Crippen LogP contribution in [0, 0.1) is 5.92 Å². The number of nitrogens with one attached hydrogen (secondary N) is 2. The van der Waals surface area contributed by atoms with Crippen molar-refractivity contribution in [1.82, 2.24) is 10.6 Å². The molecule has 2 N–H and O–H groups in total. The Morgan fingerprint density at radius 3 is 2.80 bits per heavy atom. The van der Waals surface area contributed by atoms with E-state index < -0.39 is 0 Å². The lowest BCUT2D eigenvalue weighted by Gasteiger charge is -2.23. The van der Waals surface area contributed by atoms with Gasteiger partial charge in [-0.2, -0.15) is 0 Å². The molecular formula is C20H38N2O3. The Morgan fingerprint density at radius 1 is 1.24 bits per heavy atom. The number of ether oxygens (including phenoxy) is 2. The number of hydrogen-bond acceptors (Lipinski definition) is 4. The van der Waals surface area contributed by atoms with Crippen LogP contribution in [0.1, 0.15) is 59.3 Å². The second-order valence-electron chi connectivity index (χ2n) is 7.62. The molecular weight excluding hydrogens is 316 g/mol. The predicted molar refractivity (Wildman–Crippen MR) is 103 cm³/mol. The van der Waals surface area contributed by atoms with E-state index in [1.807, 2.05) is 7.05 Å². The van der Waals surface area contributed by atoms with Crippen LogP contribution in [-0.4, -0.2) is 51.0 Å². The molecule has 0 spiro atoms. The second-order valence-corrected chi connectivity index (χ2v) is 7.62. The van der Waals surface area contributed by atoms with E-state index in [0.29, 0.717) is 25.7 Å². The number of carbonyl (C=O) groups excluding carboxylic acids is 1. The molecule has 1 amide bonds. The molecule has 2 unspecified atom stereocenters. The molecule has 2 atom stereocenters.